The van der Waals surface area contributed by atoms with Crippen LogP contribution in [0.3, 0.4) is 0 Å². The van der Waals surface area contributed by atoms with Gasteiger partial charge < -0.3 is 9.80 Å². The van der Waals surface area contributed by atoms with Crippen LogP contribution in [0.1, 0.15) is 30.0 Å². The fraction of sp³-hybridized carbons (Fsp3) is 0.615. The summed E-state index contributed by atoms with van der Waals surface area (Å²) >= 11 is 0. The van der Waals surface area contributed by atoms with Gasteiger partial charge in [-0.15, -0.1) is 0 Å². The first-order chi connectivity index (χ1) is 8.99. The molecule has 104 valence electrons. The summed E-state index contributed by atoms with van der Waals surface area (Å²) in [5.41, 5.74) is 1.32. The number of hydrogen-bond donors (Lipinski definition) is 1. The number of hydrogen-bond acceptors (Lipinski definition) is 3. The molecule has 2 rings (SSSR count). The SMILES string of the molecule is Cc1cc(C(=O)N2CCN(C(=O)C(C)C)CC2)n[nH]1. The molecule has 6 nitrogen and oxygen atoms in total. The summed E-state index contributed by atoms with van der Waals surface area (Å²) in [4.78, 5) is 27.6. The molecule has 6 heteroatoms. The van der Waals surface area contributed by atoms with Gasteiger partial charge in [0.2, 0.25) is 5.91 Å². The van der Waals surface area contributed by atoms with Crippen LogP contribution in [0.4, 0.5) is 0 Å². The summed E-state index contributed by atoms with van der Waals surface area (Å²) in [5, 5.41) is 6.75. The topological polar surface area (TPSA) is 69.3 Å². The zero-order valence-corrected chi connectivity index (χ0v) is 11.6. The second-order valence-electron chi connectivity index (χ2n) is 5.21. The van der Waals surface area contributed by atoms with Gasteiger partial charge in [-0.05, 0) is 13.0 Å². The molecule has 0 spiro atoms. The molecule has 0 saturated carbocycles. The van der Waals surface area contributed by atoms with Crippen molar-refractivity contribution >= 4 is 11.8 Å². The second-order valence-corrected chi connectivity index (χ2v) is 5.21. The molecule has 1 aromatic rings. The van der Waals surface area contributed by atoms with Gasteiger partial charge in [0, 0.05) is 37.8 Å². The van der Waals surface area contributed by atoms with Gasteiger partial charge in [-0.3, -0.25) is 14.7 Å². The predicted molar refractivity (Wildman–Crippen MR) is 70.6 cm³/mol. The molecular weight excluding hydrogens is 244 g/mol. The summed E-state index contributed by atoms with van der Waals surface area (Å²) in [7, 11) is 0. The third-order valence-corrected chi connectivity index (χ3v) is 3.30. The number of aromatic nitrogens is 2. The Balaban J connectivity index is 1.93. The Morgan fingerprint density at radius 2 is 1.79 bits per heavy atom. The Bertz CT molecular complexity index is 473. The van der Waals surface area contributed by atoms with Gasteiger partial charge in [0.05, 0.1) is 0 Å². The highest BCUT2D eigenvalue weighted by molar-refractivity contribution is 5.92. The van der Waals surface area contributed by atoms with Crippen LogP contribution in [0.2, 0.25) is 0 Å². The minimum Gasteiger partial charge on any atom is -0.339 e. The molecule has 19 heavy (non-hydrogen) atoms. The number of nitrogens with one attached hydrogen (secondary N) is 1. The zero-order chi connectivity index (χ0) is 14.0. The minimum atomic E-state index is -0.0685. The Morgan fingerprint density at radius 3 is 2.26 bits per heavy atom. The van der Waals surface area contributed by atoms with Crippen molar-refractivity contribution in [3.63, 3.8) is 0 Å². The van der Waals surface area contributed by atoms with Crippen molar-refractivity contribution in [3.05, 3.63) is 17.5 Å². The predicted octanol–water partition coefficient (Wildman–Crippen LogP) is 0.659. The Morgan fingerprint density at radius 1 is 1.21 bits per heavy atom. The number of aromatic amines is 1. The molecule has 0 unspecified atom stereocenters. The van der Waals surface area contributed by atoms with Gasteiger partial charge >= 0.3 is 0 Å². The number of carbonyl (C=O) groups excluding carboxylic acids is 2. The van der Waals surface area contributed by atoms with E-state index in [1.807, 2.05) is 25.7 Å². The van der Waals surface area contributed by atoms with Crippen LogP contribution in [-0.2, 0) is 4.79 Å². The Hall–Kier alpha value is -1.85. The lowest BCUT2D eigenvalue weighted by Crippen LogP contribution is -2.51. The first kappa shape index (κ1) is 13.6. The number of piperazine rings is 1. The highest BCUT2D eigenvalue weighted by Crippen LogP contribution is 2.10. The van der Waals surface area contributed by atoms with E-state index >= 15 is 0 Å². The Labute approximate surface area is 112 Å². The van der Waals surface area contributed by atoms with Crippen LogP contribution >= 0.6 is 0 Å². The molecule has 1 aliphatic rings. The van der Waals surface area contributed by atoms with Crippen LogP contribution < -0.4 is 0 Å². The number of amides is 2. The molecule has 0 radical (unpaired) electrons. The summed E-state index contributed by atoms with van der Waals surface area (Å²) in [5.74, 6) is 0.0972. The van der Waals surface area contributed by atoms with Crippen LogP contribution in [0, 0.1) is 12.8 Å². The molecule has 2 heterocycles. The van der Waals surface area contributed by atoms with Crippen molar-refractivity contribution < 1.29 is 9.59 Å². The third-order valence-electron chi connectivity index (χ3n) is 3.30. The van der Waals surface area contributed by atoms with Gasteiger partial charge in [0.1, 0.15) is 5.69 Å². The highest BCUT2D eigenvalue weighted by atomic mass is 16.2. The van der Waals surface area contributed by atoms with Crippen LogP contribution in [0.25, 0.3) is 0 Å². The third kappa shape index (κ3) is 2.94. The quantitative estimate of drug-likeness (QED) is 0.853. The van der Waals surface area contributed by atoms with Crippen molar-refractivity contribution in [1.82, 2.24) is 20.0 Å². The Kier molecular flexibility index (Phi) is 3.87. The zero-order valence-electron chi connectivity index (χ0n) is 11.6. The molecule has 0 atom stereocenters. The number of nitrogens with zero attached hydrogens (tertiary/aromatic N) is 3. The standard InChI is InChI=1S/C13H20N4O2/c1-9(2)12(18)16-4-6-17(7-5-16)13(19)11-8-10(3)14-15-11/h8-9H,4-7H2,1-3H3,(H,14,15). The van der Waals surface area contributed by atoms with Gasteiger partial charge in [0.15, 0.2) is 0 Å². The molecule has 1 saturated heterocycles. The van der Waals surface area contributed by atoms with E-state index in [1.54, 1.807) is 11.0 Å². The second kappa shape index (κ2) is 5.42. The molecule has 1 aliphatic heterocycles. The molecule has 2 amide bonds. The maximum atomic E-state index is 12.2. The summed E-state index contributed by atoms with van der Waals surface area (Å²) in [6.07, 6.45) is 0. The normalized spacial score (nSPS) is 16.0. The van der Waals surface area contributed by atoms with E-state index in [1.165, 1.54) is 0 Å². The van der Waals surface area contributed by atoms with Crippen molar-refractivity contribution in [2.75, 3.05) is 26.2 Å². The number of H-pyrrole nitrogens is 1. The smallest absolute Gasteiger partial charge is 0.274 e. The van der Waals surface area contributed by atoms with Gasteiger partial charge in [0.25, 0.3) is 5.91 Å². The number of aryl methyl sites for hydroxylation is 1. The fourth-order valence-corrected chi connectivity index (χ4v) is 2.18. The van der Waals surface area contributed by atoms with Crippen molar-refractivity contribution in [2.24, 2.45) is 5.92 Å². The fourth-order valence-electron chi connectivity index (χ4n) is 2.18. The summed E-state index contributed by atoms with van der Waals surface area (Å²) in [6.45, 7) is 8.01. The van der Waals surface area contributed by atoms with E-state index in [9.17, 15) is 9.59 Å². The number of carbonyl (C=O) groups is 2. The van der Waals surface area contributed by atoms with Gasteiger partial charge in [-0.25, -0.2) is 0 Å². The highest BCUT2D eigenvalue weighted by Gasteiger charge is 2.26. The maximum Gasteiger partial charge on any atom is 0.274 e. The maximum absolute atomic E-state index is 12.2. The van der Waals surface area contributed by atoms with E-state index in [-0.39, 0.29) is 17.7 Å². The molecule has 1 aromatic heterocycles. The van der Waals surface area contributed by atoms with E-state index in [0.717, 1.165) is 5.69 Å². The monoisotopic (exact) mass is 264 g/mol. The van der Waals surface area contributed by atoms with E-state index in [2.05, 4.69) is 10.2 Å². The van der Waals surface area contributed by atoms with E-state index in [4.69, 9.17) is 0 Å². The van der Waals surface area contributed by atoms with Gasteiger partial charge in [-0.2, -0.15) is 5.10 Å². The van der Waals surface area contributed by atoms with Crippen molar-refractivity contribution in [1.29, 1.82) is 0 Å². The van der Waals surface area contributed by atoms with Crippen LogP contribution in [0.5, 0.6) is 0 Å². The molecular formula is C13H20N4O2. The first-order valence-corrected chi connectivity index (χ1v) is 6.59. The van der Waals surface area contributed by atoms with Crippen LogP contribution in [0.15, 0.2) is 6.07 Å². The molecule has 0 aliphatic carbocycles. The lowest BCUT2D eigenvalue weighted by Gasteiger charge is -2.35. The van der Waals surface area contributed by atoms with Gasteiger partial charge in [-0.1, -0.05) is 13.8 Å². The lowest BCUT2D eigenvalue weighted by atomic mass is 10.1. The average molecular weight is 264 g/mol. The molecule has 1 fully saturated rings. The lowest BCUT2D eigenvalue weighted by molar-refractivity contribution is -0.135. The largest absolute Gasteiger partial charge is 0.339 e. The summed E-state index contributed by atoms with van der Waals surface area (Å²) < 4.78 is 0. The molecule has 0 bridgehead atoms. The first-order valence-electron chi connectivity index (χ1n) is 6.59. The van der Waals surface area contributed by atoms with E-state index in [0.29, 0.717) is 31.9 Å². The minimum absolute atomic E-state index is 0.0104. The molecule has 1 N–H and O–H groups in total. The van der Waals surface area contributed by atoms with Crippen LogP contribution in [-0.4, -0.2) is 58.0 Å². The van der Waals surface area contributed by atoms with Crippen molar-refractivity contribution in [3.8, 4) is 0 Å². The average Bonchev–Trinajstić information content (AvgIpc) is 2.84. The number of rotatable bonds is 2. The summed E-state index contributed by atoms with van der Waals surface area (Å²) in [6, 6.07) is 1.74. The van der Waals surface area contributed by atoms with E-state index < -0.39 is 0 Å². The van der Waals surface area contributed by atoms with Crippen molar-refractivity contribution in [2.45, 2.75) is 20.8 Å². The molecule has 0 aromatic carbocycles.